The van der Waals surface area contributed by atoms with E-state index in [2.05, 4.69) is 31.2 Å². The van der Waals surface area contributed by atoms with Crippen molar-refractivity contribution in [3.05, 3.63) is 75.8 Å². The Morgan fingerprint density at radius 1 is 1.10 bits per heavy atom. The fraction of sp³-hybridized carbons (Fsp3) is 0.182. The molecule has 0 spiro atoms. The fourth-order valence-electron chi connectivity index (χ4n) is 2.97. The smallest absolute Gasteiger partial charge is 0.361 e. The summed E-state index contributed by atoms with van der Waals surface area (Å²) >= 11 is 3.40. The number of carbonyl (C=O) groups is 1. The number of methoxy groups -OCH3 is 1. The highest BCUT2D eigenvalue weighted by Crippen LogP contribution is 2.24. The average Bonchev–Trinajstić information content (AvgIpc) is 3.35. The van der Waals surface area contributed by atoms with Gasteiger partial charge in [0.15, 0.2) is 5.69 Å². The number of oxazole rings is 1. The molecule has 0 saturated heterocycles. The van der Waals surface area contributed by atoms with E-state index in [1.54, 1.807) is 25.6 Å². The predicted molar refractivity (Wildman–Crippen MR) is 116 cm³/mol. The standard InChI is InChI=1S/C22H19BrN4O4/c1-13-20(25-26-27(13)17-8-6-16(23)7-9-17)22(28)30-12-19-14(2)31-21(24-19)15-4-10-18(29-3)11-5-15/h4-11H,12H2,1-3H3. The molecule has 31 heavy (non-hydrogen) atoms. The number of carbonyl (C=O) groups excluding carboxylic acids is 1. The molecule has 2 aromatic carbocycles. The summed E-state index contributed by atoms with van der Waals surface area (Å²) < 4.78 is 18.9. The molecule has 0 saturated carbocycles. The summed E-state index contributed by atoms with van der Waals surface area (Å²) in [5.74, 6) is 1.19. The van der Waals surface area contributed by atoms with Crippen molar-refractivity contribution in [1.82, 2.24) is 20.0 Å². The molecule has 2 aromatic heterocycles. The molecule has 0 N–H and O–H groups in total. The van der Waals surface area contributed by atoms with E-state index in [1.165, 1.54) is 0 Å². The van der Waals surface area contributed by atoms with Gasteiger partial charge in [0.05, 0.1) is 18.5 Å². The molecule has 0 aliphatic heterocycles. The zero-order valence-corrected chi connectivity index (χ0v) is 18.7. The predicted octanol–water partition coefficient (Wildman–Crippen LogP) is 4.67. The first-order valence-corrected chi connectivity index (χ1v) is 10.2. The van der Waals surface area contributed by atoms with E-state index in [9.17, 15) is 4.79 Å². The highest BCUT2D eigenvalue weighted by Gasteiger charge is 2.20. The number of ether oxygens (including phenoxy) is 2. The van der Waals surface area contributed by atoms with Crippen LogP contribution in [0, 0.1) is 13.8 Å². The van der Waals surface area contributed by atoms with Gasteiger partial charge in [0, 0.05) is 10.0 Å². The van der Waals surface area contributed by atoms with Crippen LogP contribution in [0.25, 0.3) is 17.1 Å². The summed E-state index contributed by atoms with van der Waals surface area (Å²) in [6.45, 7) is 3.51. The van der Waals surface area contributed by atoms with Gasteiger partial charge in [-0.2, -0.15) is 0 Å². The number of benzene rings is 2. The van der Waals surface area contributed by atoms with Gasteiger partial charge in [-0.05, 0) is 62.4 Å². The number of halogens is 1. The Kier molecular flexibility index (Phi) is 5.85. The van der Waals surface area contributed by atoms with Gasteiger partial charge < -0.3 is 13.9 Å². The highest BCUT2D eigenvalue weighted by atomic mass is 79.9. The van der Waals surface area contributed by atoms with Crippen molar-refractivity contribution in [2.75, 3.05) is 7.11 Å². The first-order valence-electron chi connectivity index (χ1n) is 9.42. The second kappa shape index (κ2) is 8.73. The third-order valence-electron chi connectivity index (χ3n) is 4.73. The van der Waals surface area contributed by atoms with Gasteiger partial charge >= 0.3 is 5.97 Å². The van der Waals surface area contributed by atoms with Crippen LogP contribution in [-0.4, -0.2) is 33.1 Å². The second-order valence-corrected chi connectivity index (χ2v) is 7.65. The molecule has 2 heterocycles. The van der Waals surface area contributed by atoms with Crippen LogP contribution in [-0.2, 0) is 11.3 Å². The summed E-state index contributed by atoms with van der Waals surface area (Å²) in [7, 11) is 1.61. The Hall–Kier alpha value is -3.46. The third-order valence-corrected chi connectivity index (χ3v) is 5.26. The molecule has 0 bridgehead atoms. The van der Waals surface area contributed by atoms with Crippen LogP contribution >= 0.6 is 15.9 Å². The molecule has 0 fully saturated rings. The number of hydrogen-bond acceptors (Lipinski definition) is 7. The highest BCUT2D eigenvalue weighted by molar-refractivity contribution is 9.10. The number of aromatic nitrogens is 4. The minimum Gasteiger partial charge on any atom is -0.497 e. The molecule has 0 amide bonds. The summed E-state index contributed by atoms with van der Waals surface area (Å²) in [4.78, 5) is 17.0. The van der Waals surface area contributed by atoms with Gasteiger partial charge in [-0.25, -0.2) is 14.5 Å². The van der Waals surface area contributed by atoms with E-state index in [0.717, 1.165) is 21.5 Å². The van der Waals surface area contributed by atoms with Gasteiger partial charge in [-0.1, -0.05) is 21.1 Å². The summed E-state index contributed by atoms with van der Waals surface area (Å²) in [6.07, 6.45) is 0. The Morgan fingerprint density at radius 3 is 2.48 bits per heavy atom. The van der Waals surface area contributed by atoms with Crippen molar-refractivity contribution >= 4 is 21.9 Å². The normalized spacial score (nSPS) is 10.8. The molecule has 0 radical (unpaired) electrons. The number of rotatable bonds is 6. The molecule has 0 aliphatic rings. The maximum atomic E-state index is 12.6. The lowest BCUT2D eigenvalue weighted by Gasteiger charge is -2.04. The van der Waals surface area contributed by atoms with Crippen LogP contribution in [0.2, 0.25) is 0 Å². The van der Waals surface area contributed by atoms with Crippen molar-refractivity contribution in [2.24, 2.45) is 0 Å². The molecule has 158 valence electrons. The Balaban J connectivity index is 1.47. The van der Waals surface area contributed by atoms with E-state index in [0.29, 0.717) is 23.0 Å². The van der Waals surface area contributed by atoms with Crippen molar-refractivity contribution in [3.8, 4) is 22.9 Å². The number of aryl methyl sites for hydroxylation is 1. The largest absolute Gasteiger partial charge is 0.497 e. The lowest BCUT2D eigenvalue weighted by atomic mass is 10.2. The summed E-state index contributed by atoms with van der Waals surface area (Å²) in [5, 5.41) is 8.06. The van der Waals surface area contributed by atoms with E-state index in [4.69, 9.17) is 13.9 Å². The molecule has 0 aliphatic carbocycles. The second-order valence-electron chi connectivity index (χ2n) is 6.74. The maximum Gasteiger partial charge on any atom is 0.361 e. The molecule has 0 unspecified atom stereocenters. The SMILES string of the molecule is COc1ccc(-c2nc(COC(=O)c3nnn(-c4ccc(Br)cc4)c3C)c(C)o2)cc1. The molecule has 9 heteroatoms. The lowest BCUT2D eigenvalue weighted by Crippen LogP contribution is -2.09. The van der Waals surface area contributed by atoms with Crippen LogP contribution in [0.15, 0.2) is 57.4 Å². The van der Waals surface area contributed by atoms with Gasteiger partial charge in [-0.15, -0.1) is 5.10 Å². The molecule has 4 aromatic rings. The van der Waals surface area contributed by atoms with Crippen molar-refractivity contribution < 1.29 is 18.7 Å². The van der Waals surface area contributed by atoms with Crippen LogP contribution in [0.5, 0.6) is 5.75 Å². The van der Waals surface area contributed by atoms with Crippen molar-refractivity contribution in [1.29, 1.82) is 0 Å². The quantitative estimate of drug-likeness (QED) is 0.368. The maximum absolute atomic E-state index is 12.6. The third kappa shape index (κ3) is 4.36. The Labute approximate surface area is 186 Å². The molecular formula is C22H19BrN4O4. The number of nitrogens with zero attached hydrogens (tertiary/aromatic N) is 4. The molecule has 0 atom stereocenters. The minimum absolute atomic E-state index is 0.0328. The topological polar surface area (TPSA) is 92.3 Å². The summed E-state index contributed by atoms with van der Waals surface area (Å²) in [5.41, 5.74) is 2.87. The van der Waals surface area contributed by atoms with Gasteiger partial charge in [0.25, 0.3) is 0 Å². The van der Waals surface area contributed by atoms with Gasteiger partial charge in [0.2, 0.25) is 5.89 Å². The van der Waals surface area contributed by atoms with Gasteiger partial charge in [-0.3, -0.25) is 0 Å². The first kappa shape index (κ1) is 20.8. The van der Waals surface area contributed by atoms with Crippen LogP contribution in [0.4, 0.5) is 0 Å². The monoisotopic (exact) mass is 482 g/mol. The first-order chi connectivity index (χ1) is 15.0. The molecule has 4 rings (SSSR count). The van der Waals surface area contributed by atoms with E-state index < -0.39 is 5.97 Å². The lowest BCUT2D eigenvalue weighted by molar-refractivity contribution is 0.0459. The Bertz CT molecular complexity index is 1210. The van der Waals surface area contributed by atoms with E-state index in [1.807, 2.05) is 48.5 Å². The van der Waals surface area contributed by atoms with Crippen molar-refractivity contribution in [2.45, 2.75) is 20.5 Å². The minimum atomic E-state index is -0.575. The van der Waals surface area contributed by atoms with E-state index in [-0.39, 0.29) is 12.3 Å². The van der Waals surface area contributed by atoms with Crippen LogP contribution in [0.3, 0.4) is 0 Å². The zero-order valence-electron chi connectivity index (χ0n) is 17.1. The van der Waals surface area contributed by atoms with E-state index >= 15 is 0 Å². The fourth-order valence-corrected chi connectivity index (χ4v) is 3.23. The Morgan fingerprint density at radius 2 is 1.81 bits per heavy atom. The molecular weight excluding hydrogens is 464 g/mol. The summed E-state index contributed by atoms with van der Waals surface area (Å²) in [6, 6.07) is 14.9. The zero-order chi connectivity index (χ0) is 22.0. The van der Waals surface area contributed by atoms with Crippen LogP contribution in [0.1, 0.15) is 27.6 Å². The number of esters is 1. The molecule has 8 nitrogen and oxygen atoms in total. The van der Waals surface area contributed by atoms with Crippen molar-refractivity contribution in [3.63, 3.8) is 0 Å². The van der Waals surface area contributed by atoms with Crippen LogP contribution < -0.4 is 4.74 Å². The van der Waals surface area contributed by atoms with Gasteiger partial charge in [0.1, 0.15) is 23.8 Å². The average molecular weight is 483 g/mol. The number of hydrogen-bond donors (Lipinski definition) is 0.